The molecule has 3 rings (SSSR count). The van der Waals surface area contributed by atoms with E-state index in [9.17, 15) is 0 Å². The molecule has 0 spiro atoms. The molecule has 2 aromatic rings. The van der Waals surface area contributed by atoms with Crippen molar-refractivity contribution in [2.24, 2.45) is 5.73 Å². The van der Waals surface area contributed by atoms with Crippen LogP contribution >= 0.6 is 11.8 Å². The Balaban J connectivity index is 1.90. The fraction of sp³-hybridized carbons (Fsp3) is 0.471. The van der Waals surface area contributed by atoms with E-state index in [-0.39, 0.29) is 6.04 Å². The van der Waals surface area contributed by atoms with Crippen molar-refractivity contribution < 1.29 is 0 Å². The Hall–Kier alpha value is -1.26. The van der Waals surface area contributed by atoms with Crippen LogP contribution in [0.25, 0.3) is 0 Å². The molecular weight excluding hydrogens is 278 g/mol. The Morgan fingerprint density at radius 2 is 2.00 bits per heavy atom. The topological polar surface area (TPSA) is 43.8 Å². The lowest BCUT2D eigenvalue weighted by atomic mass is 9.94. The predicted molar refractivity (Wildman–Crippen MR) is 89.5 cm³/mol. The second-order valence-electron chi connectivity index (χ2n) is 5.74. The highest BCUT2D eigenvalue weighted by Gasteiger charge is 2.28. The average Bonchev–Trinajstić information content (AvgIpc) is 3.04. The summed E-state index contributed by atoms with van der Waals surface area (Å²) in [7, 11) is 0. The Morgan fingerprint density at radius 1 is 1.24 bits per heavy atom. The summed E-state index contributed by atoms with van der Waals surface area (Å²) in [5.74, 6) is 0. The first-order valence-electron chi connectivity index (χ1n) is 7.66. The molecule has 1 fully saturated rings. The van der Waals surface area contributed by atoms with Crippen LogP contribution in [0.4, 0.5) is 0 Å². The van der Waals surface area contributed by atoms with E-state index in [0.717, 1.165) is 11.3 Å². The summed E-state index contributed by atoms with van der Waals surface area (Å²) >= 11 is 1.98. The third kappa shape index (κ3) is 3.01. The Morgan fingerprint density at radius 3 is 2.76 bits per heavy atom. The van der Waals surface area contributed by atoms with Crippen LogP contribution in [-0.4, -0.2) is 21.1 Å². The maximum Gasteiger partial charge on any atom is 0.0951 e. The molecule has 1 saturated carbocycles. The molecule has 0 aliphatic heterocycles. The molecule has 112 valence electrons. The number of hydrogen-bond donors (Lipinski definition) is 1. The van der Waals surface area contributed by atoms with Crippen molar-refractivity contribution in [3.05, 3.63) is 54.1 Å². The molecular formula is C17H23N3S. The first-order valence-corrected chi connectivity index (χ1v) is 8.95. The fourth-order valence-corrected chi connectivity index (χ4v) is 4.32. The molecule has 1 aliphatic rings. The van der Waals surface area contributed by atoms with Gasteiger partial charge in [-0.2, -0.15) is 11.8 Å². The van der Waals surface area contributed by atoms with E-state index in [1.807, 2.05) is 42.5 Å². The lowest BCUT2D eigenvalue weighted by Gasteiger charge is -2.33. The van der Waals surface area contributed by atoms with Gasteiger partial charge in [-0.3, -0.25) is 0 Å². The van der Waals surface area contributed by atoms with E-state index in [0.29, 0.717) is 11.3 Å². The lowest BCUT2D eigenvalue weighted by Crippen LogP contribution is -2.28. The van der Waals surface area contributed by atoms with Crippen molar-refractivity contribution >= 4 is 11.8 Å². The SMILES string of the molecule is CSC1CCCCC1n1cncc1C(N)c1ccccc1. The zero-order chi connectivity index (χ0) is 14.7. The summed E-state index contributed by atoms with van der Waals surface area (Å²) in [5, 5.41) is 0.676. The number of nitrogens with two attached hydrogens (primary N) is 1. The Bertz CT molecular complexity index is 566. The maximum absolute atomic E-state index is 6.49. The van der Waals surface area contributed by atoms with E-state index in [2.05, 4.69) is 27.9 Å². The minimum Gasteiger partial charge on any atom is -0.329 e. The Labute approximate surface area is 131 Å². The van der Waals surface area contributed by atoms with E-state index in [1.54, 1.807) is 0 Å². The number of hydrogen-bond acceptors (Lipinski definition) is 3. The standard InChI is InChI=1S/C17H23N3S/c1-21-16-10-6-5-9-14(16)20-12-19-11-15(20)17(18)13-7-3-2-4-8-13/h2-4,7-8,11-12,14,16-17H,5-6,9-10,18H2,1H3. The van der Waals surface area contributed by atoms with E-state index in [1.165, 1.54) is 25.7 Å². The predicted octanol–water partition coefficient (Wildman–Crippen LogP) is 3.78. The van der Waals surface area contributed by atoms with E-state index >= 15 is 0 Å². The minimum atomic E-state index is -0.0990. The summed E-state index contributed by atoms with van der Waals surface area (Å²) < 4.78 is 2.33. The van der Waals surface area contributed by atoms with Crippen LogP contribution in [0.2, 0.25) is 0 Å². The highest BCUT2D eigenvalue weighted by molar-refractivity contribution is 7.99. The van der Waals surface area contributed by atoms with Crippen LogP contribution in [0, 0.1) is 0 Å². The summed E-state index contributed by atoms with van der Waals surface area (Å²) in [5.41, 5.74) is 8.77. The monoisotopic (exact) mass is 301 g/mol. The molecule has 1 aromatic carbocycles. The van der Waals surface area contributed by atoms with Gasteiger partial charge in [-0.1, -0.05) is 43.2 Å². The first kappa shape index (κ1) is 14.7. The molecule has 0 radical (unpaired) electrons. The zero-order valence-corrected chi connectivity index (χ0v) is 13.3. The largest absolute Gasteiger partial charge is 0.329 e. The second-order valence-corrected chi connectivity index (χ2v) is 6.82. The van der Waals surface area contributed by atoms with Gasteiger partial charge in [0, 0.05) is 11.3 Å². The van der Waals surface area contributed by atoms with Crippen LogP contribution in [0.15, 0.2) is 42.9 Å². The molecule has 1 aliphatic carbocycles. The zero-order valence-electron chi connectivity index (χ0n) is 12.5. The van der Waals surface area contributed by atoms with E-state index in [4.69, 9.17) is 5.73 Å². The van der Waals surface area contributed by atoms with Gasteiger partial charge >= 0.3 is 0 Å². The summed E-state index contributed by atoms with van der Waals surface area (Å²) in [4.78, 5) is 4.39. The minimum absolute atomic E-state index is 0.0990. The molecule has 2 N–H and O–H groups in total. The molecule has 0 bridgehead atoms. The number of aromatic nitrogens is 2. The van der Waals surface area contributed by atoms with Crippen molar-refractivity contribution in [1.82, 2.24) is 9.55 Å². The number of rotatable bonds is 4. The molecule has 3 unspecified atom stereocenters. The van der Waals surface area contributed by atoms with Crippen molar-refractivity contribution in [3.63, 3.8) is 0 Å². The molecule has 0 saturated heterocycles. The molecule has 21 heavy (non-hydrogen) atoms. The molecule has 0 amide bonds. The van der Waals surface area contributed by atoms with Crippen molar-refractivity contribution in [3.8, 4) is 0 Å². The third-order valence-corrected chi connectivity index (χ3v) is 5.66. The van der Waals surface area contributed by atoms with Gasteiger partial charge < -0.3 is 10.3 Å². The van der Waals surface area contributed by atoms with E-state index < -0.39 is 0 Å². The third-order valence-electron chi connectivity index (χ3n) is 4.50. The van der Waals surface area contributed by atoms with Crippen LogP contribution in [0.3, 0.4) is 0 Å². The van der Waals surface area contributed by atoms with Crippen LogP contribution in [-0.2, 0) is 0 Å². The quantitative estimate of drug-likeness (QED) is 0.934. The average molecular weight is 301 g/mol. The number of benzene rings is 1. The van der Waals surface area contributed by atoms with Crippen LogP contribution in [0.1, 0.15) is 49.0 Å². The number of thioether (sulfide) groups is 1. The smallest absolute Gasteiger partial charge is 0.0951 e. The molecule has 3 nitrogen and oxygen atoms in total. The highest BCUT2D eigenvalue weighted by Crippen LogP contribution is 2.37. The Kier molecular flexibility index (Phi) is 4.66. The van der Waals surface area contributed by atoms with Gasteiger partial charge in [-0.05, 0) is 24.7 Å². The number of nitrogens with zero attached hydrogens (tertiary/aromatic N) is 2. The van der Waals surface area contributed by atoms with Gasteiger partial charge in [0.2, 0.25) is 0 Å². The van der Waals surface area contributed by atoms with Gasteiger partial charge in [0.15, 0.2) is 0 Å². The lowest BCUT2D eigenvalue weighted by molar-refractivity contribution is 0.355. The van der Waals surface area contributed by atoms with Gasteiger partial charge in [-0.15, -0.1) is 0 Å². The molecule has 4 heteroatoms. The summed E-state index contributed by atoms with van der Waals surface area (Å²) in [6.07, 6.45) is 11.3. The van der Waals surface area contributed by atoms with Crippen molar-refractivity contribution in [2.45, 2.75) is 43.0 Å². The molecule has 1 aromatic heterocycles. The van der Waals surface area contributed by atoms with Crippen molar-refractivity contribution in [1.29, 1.82) is 0 Å². The summed E-state index contributed by atoms with van der Waals surface area (Å²) in [6.45, 7) is 0. The normalized spacial score (nSPS) is 23.9. The maximum atomic E-state index is 6.49. The van der Waals surface area contributed by atoms with Crippen molar-refractivity contribution in [2.75, 3.05) is 6.26 Å². The van der Waals surface area contributed by atoms with Gasteiger partial charge in [0.1, 0.15) is 0 Å². The van der Waals surface area contributed by atoms with Gasteiger partial charge in [0.05, 0.1) is 24.3 Å². The second kappa shape index (κ2) is 6.67. The van der Waals surface area contributed by atoms with Crippen LogP contribution in [0.5, 0.6) is 0 Å². The van der Waals surface area contributed by atoms with Crippen LogP contribution < -0.4 is 5.73 Å². The molecule has 1 heterocycles. The molecule has 3 atom stereocenters. The summed E-state index contributed by atoms with van der Waals surface area (Å²) in [6, 6.07) is 10.7. The first-order chi connectivity index (χ1) is 10.3. The number of imidazole rings is 1. The highest BCUT2D eigenvalue weighted by atomic mass is 32.2. The van der Waals surface area contributed by atoms with Gasteiger partial charge in [-0.25, -0.2) is 4.98 Å². The van der Waals surface area contributed by atoms with Gasteiger partial charge in [0.25, 0.3) is 0 Å². The fourth-order valence-electron chi connectivity index (χ4n) is 3.33.